The summed E-state index contributed by atoms with van der Waals surface area (Å²) in [7, 11) is 3.66. The maximum atomic E-state index is 9.37. The maximum absolute atomic E-state index is 9.37. The summed E-state index contributed by atoms with van der Waals surface area (Å²) < 4.78 is 5.08. The van der Waals surface area contributed by atoms with E-state index >= 15 is 0 Å². The molecule has 1 aliphatic rings. The highest BCUT2D eigenvalue weighted by molar-refractivity contribution is 4.78. The van der Waals surface area contributed by atoms with Crippen LogP contribution in [-0.4, -0.2) is 49.5 Å². The molecule has 0 aromatic rings. The van der Waals surface area contributed by atoms with Gasteiger partial charge in [-0.05, 0) is 13.5 Å². The Morgan fingerprint density at radius 3 is 2.80 bits per heavy atom. The van der Waals surface area contributed by atoms with Gasteiger partial charge in [-0.3, -0.25) is 0 Å². The Hall–Kier alpha value is -0.120. The second-order valence-corrected chi connectivity index (χ2v) is 2.89. The highest BCUT2D eigenvalue weighted by Gasteiger charge is 2.24. The predicted molar refractivity (Wildman–Crippen MR) is 38.9 cm³/mol. The maximum Gasteiger partial charge on any atom is 0.0928 e. The Morgan fingerprint density at radius 2 is 2.30 bits per heavy atom. The van der Waals surface area contributed by atoms with Crippen molar-refractivity contribution in [2.45, 2.75) is 18.6 Å². The van der Waals surface area contributed by atoms with E-state index in [9.17, 15) is 5.11 Å². The first-order valence-corrected chi connectivity index (χ1v) is 3.63. The van der Waals surface area contributed by atoms with Crippen molar-refractivity contribution in [2.24, 2.45) is 0 Å². The number of β-amino-alcohol motifs (C(OH)–C–C–N with tert-alkyl or cyclic N) is 1. The predicted octanol–water partition coefficient (Wildman–Crippen LogP) is -0.302. The molecule has 10 heavy (non-hydrogen) atoms. The van der Waals surface area contributed by atoms with E-state index in [1.54, 1.807) is 7.11 Å². The fourth-order valence-corrected chi connectivity index (χ4v) is 1.34. The van der Waals surface area contributed by atoms with E-state index < -0.39 is 0 Å². The van der Waals surface area contributed by atoms with Gasteiger partial charge in [-0.1, -0.05) is 0 Å². The summed E-state index contributed by atoms with van der Waals surface area (Å²) in [6.45, 7) is 1.76. The van der Waals surface area contributed by atoms with Crippen molar-refractivity contribution in [3.8, 4) is 0 Å². The number of rotatable bonds is 1. The minimum Gasteiger partial charge on any atom is -0.389 e. The van der Waals surface area contributed by atoms with Gasteiger partial charge in [-0.25, -0.2) is 0 Å². The van der Waals surface area contributed by atoms with Crippen LogP contribution < -0.4 is 0 Å². The summed E-state index contributed by atoms with van der Waals surface area (Å²) in [6, 6.07) is 0. The van der Waals surface area contributed by atoms with E-state index in [0.29, 0.717) is 0 Å². The molecule has 3 nitrogen and oxygen atoms in total. The second kappa shape index (κ2) is 3.32. The van der Waals surface area contributed by atoms with E-state index in [4.69, 9.17) is 4.74 Å². The average Bonchev–Trinajstić information content (AvgIpc) is 1.88. The Labute approximate surface area is 61.6 Å². The monoisotopic (exact) mass is 145 g/mol. The van der Waals surface area contributed by atoms with Gasteiger partial charge in [-0.2, -0.15) is 0 Å². The molecule has 0 saturated carbocycles. The summed E-state index contributed by atoms with van der Waals surface area (Å²) in [5, 5.41) is 9.37. The van der Waals surface area contributed by atoms with Crippen molar-refractivity contribution in [1.29, 1.82) is 0 Å². The number of aliphatic hydroxyl groups is 1. The third kappa shape index (κ3) is 1.68. The Balaban J connectivity index is 2.36. The summed E-state index contributed by atoms with van der Waals surface area (Å²) >= 11 is 0. The molecule has 1 aliphatic heterocycles. The van der Waals surface area contributed by atoms with Gasteiger partial charge in [0.05, 0.1) is 12.2 Å². The normalized spacial score (nSPS) is 36.3. The van der Waals surface area contributed by atoms with Gasteiger partial charge >= 0.3 is 0 Å². The summed E-state index contributed by atoms with van der Waals surface area (Å²) in [4.78, 5) is 2.11. The number of likely N-dealkylation sites (N-methyl/N-ethyl adjacent to an activating group) is 1. The van der Waals surface area contributed by atoms with E-state index in [1.165, 1.54) is 0 Å². The van der Waals surface area contributed by atoms with Crippen LogP contribution in [0.25, 0.3) is 0 Å². The van der Waals surface area contributed by atoms with Crippen LogP contribution in [0.2, 0.25) is 0 Å². The van der Waals surface area contributed by atoms with E-state index in [-0.39, 0.29) is 12.2 Å². The second-order valence-electron chi connectivity index (χ2n) is 2.89. The largest absolute Gasteiger partial charge is 0.389 e. The highest BCUT2D eigenvalue weighted by atomic mass is 16.5. The molecule has 1 heterocycles. The number of likely N-dealkylation sites (tertiary alicyclic amines) is 1. The first-order valence-electron chi connectivity index (χ1n) is 3.63. The number of nitrogens with zero attached hydrogens (tertiary/aromatic N) is 1. The molecule has 1 fully saturated rings. The minimum absolute atomic E-state index is 0.0520. The van der Waals surface area contributed by atoms with Gasteiger partial charge in [0.25, 0.3) is 0 Å². The zero-order valence-electron chi connectivity index (χ0n) is 6.58. The smallest absolute Gasteiger partial charge is 0.0928 e. The van der Waals surface area contributed by atoms with Gasteiger partial charge < -0.3 is 14.7 Å². The SMILES string of the molecule is COC1CCN(C)CC1O. The van der Waals surface area contributed by atoms with E-state index in [0.717, 1.165) is 19.5 Å². The lowest BCUT2D eigenvalue weighted by Gasteiger charge is -2.32. The lowest BCUT2D eigenvalue weighted by Crippen LogP contribution is -2.45. The zero-order chi connectivity index (χ0) is 7.56. The van der Waals surface area contributed by atoms with Crippen LogP contribution >= 0.6 is 0 Å². The molecule has 1 rings (SSSR count). The van der Waals surface area contributed by atoms with Crippen molar-refractivity contribution < 1.29 is 9.84 Å². The van der Waals surface area contributed by atoms with Crippen LogP contribution in [-0.2, 0) is 4.74 Å². The van der Waals surface area contributed by atoms with Crippen molar-refractivity contribution in [3.63, 3.8) is 0 Å². The molecule has 60 valence electrons. The lowest BCUT2D eigenvalue weighted by atomic mass is 10.1. The molecule has 2 unspecified atom stereocenters. The lowest BCUT2D eigenvalue weighted by molar-refractivity contribution is -0.0546. The molecule has 0 aromatic carbocycles. The van der Waals surface area contributed by atoms with Crippen LogP contribution in [0.4, 0.5) is 0 Å². The number of piperidine rings is 1. The van der Waals surface area contributed by atoms with Gasteiger partial charge in [0, 0.05) is 20.2 Å². The zero-order valence-corrected chi connectivity index (χ0v) is 6.58. The molecule has 3 heteroatoms. The summed E-state index contributed by atoms with van der Waals surface area (Å²) in [5.41, 5.74) is 0. The number of hydrogen-bond acceptors (Lipinski definition) is 3. The fraction of sp³-hybridized carbons (Fsp3) is 1.00. The summed E-state index contributed by atoms with van der Waals surface area (Å²) in [5.74, 6) is 0. The minimum atomic E-state index is -0.302. The average molecular weight is 145 g/mol. The van der Waals surface area contributed by atoms with Crippen LogP contribution in [0, 0.1) is 0 Å². The molecule has 0 bridgehead atoms. The first kappa shape index (κ1) is 7.98. The third-order valence-electron chi connectivity index (χ3n) is 2.03. The summed E-state index contributed by atoms with van der Waals surface area (Å²) in [6.07, 6.45) is 0.689. The van der Waals surface area contributed by atoms with Crippen LogP contribution in [0.15, 0.2) is 0 Å². The Bertz CT molecular complexity index is 108. The van der Waals surface area contributed by atoms with Crippen molar-refractivity contribution in [3.05, 3.63) is 0 Å². The standard InChI is InChI=1S/C7H15NO2/c1-8-4-3-7(10-2)6(9)5-8/h6-7,9H,3-5H2,1-2H3. The highest BCUT2D eigenvalue weighted by Crippen LogP contribution is 2.11. The van der Waals surface area contributed by atoms with Crippen LogP contribution in [0.1, 0.15) is 6.42 Å². The van der Waals surface area contributed by atoms with Crippen molar-refractivity contribution in [2.75, 3.05) is 27.2 Å². The topological polar surface area (TPSA) is 32.7 Å². The number of aliphatic hydroxyl groups excluding tert-OH is 1. The molecule has 0 spiro atoms. The Morgan fingerprint density at radius 1 is 1.60 bits per heavy atom. The molecule has 1 saturated heterocycles. The molecule has 0 aromatic heterocycles. The van der Waals surface area contributed by atoms with Crippen LogP contribution in [0.3, 0.4) is 0 Å². The molecule has 0 aliphatic carbocycles. The van der Waals surface area contributed by atoms with E-state index in [1.807, 2.05) is 7.05 Å². The molecule has 0 radical (unpaired) electrons. The number of methoxy groups -OCH3 is 1. The first-order chi connectivity index (χ1) is 4.74. The van der Waals surface area contributed by atoms with Gasteiger partial charge in [0.2, 0.25) is 0 Å². The number of ether oxygens (including phenoxy) is 1. The van der Waals surface area contributed by atoms with Crippen LogP contribution in [0.5, 0.6) is 0 Å². The quantitative estimate of drug-likeness (QED) is 0.550. The fourth-order valence-electron chi connectivity index (χ4n) is 1.34. The molecule has 1 N–H and O–H groups in total. The molecular formula is C7H15NO2. The van der Waals surface area contributed by atoms with Crippen molar-refractivity contribution in [1.82, 2.24) is 4.90 Å². The number of hydrogen-bond donors (Lipinski definition) is 1. The molecular weight excluding hydrogens is 130 g/mol. The van der Waals surface area contributed by atoms with Gasteiger partial charge in [-0.15, -0.1) is 0 Å². The van der Waals surface area contributed by atoms with Gasteiger partial charge in [0.15, 0.2) is 0 Å². The molecule has 0 amide bonds. The van der Waals surface area contributed by atoms with Crippen molar-refractivity contribution >= 4 is 0 Å². The third-order valence-corrected chi connectivity index (χ3v) is 2.03. The molecule has 2 atom stereocenters. The van der Waals surface area contributed by atoms with E-state index in [2.05, 4.69) is 4.90 Å². The Kier molecular flexibility index (Phi) is 2.65. The van der Waals surface area contributed by atoms with Gasteiger partial charge in [0.1, 0.15) is 0 Å².